The van der Waals surface area contributed by atoms with E-state index in [1.165, 1.54) is 19.2 Å². The summed E-state index contributed by atoms with van der Waals surface area (Å²) in [5.74, 6) is -0.331. The highest BCUT2D eigenvalue weighted by Crippen LogP contribution is 2.21. The summed E-state index contributed by atoms with van der Waals surface area (Å²) in [4.78, 5) is 24.2. The van der Waals surface area contributed by atoms with Gasteiger partial charge in [0, 0.05) is 10.0 Å². The summed E-state index contributed by atoms with van der Waals surface area (Å²) in [5, 5.41) is 18.2. The van der Waals surface area contributed by atoms with E-state index in [9.17, 15) is 14.7 Å². The number of rotatable bonds is 7. The quantitative estimate of drug-likeness (QED) is 0.364. The Kier molecular flexibility index (Phi) is 7.03. The second-order valence-corrected chi connectivity index (χ2v) is 7.44. The number of hydrazone groups is 1. The molecule has 0 aliphatic heterocycles. The molecule has 3 aromatic rings. The van der Waals surface area contributed by atoms with Crippen molar-refractivity contribution in [2.24, 2.45) is 5.10 Å². The third kappa shape index (κ3) is 5.81. The lowest BCUT2D eigenvalue weighted by atomic mass is 10.1. The van der Waals surface area contributed by atoms with Gasteiger partial charge in [-0.05, 0) is 48.0 Å². The number of carbonyl (C=O) groups is 2. The minimum Gasteiger partial charge on any atom is -0.507 e. The summed E-state index contributed by atoms with van der Waals surface area (Å²) < 4.78 is 6.28. The Bertz CT molecular complexity index is 1100. The Morgan fingerprint density at radius 2 is 1.90 bits per heavy atom. The predicted octanol–water partition coefficient (Wildman–Crippen LogP) is 3.34. The minimum absolute atomic E-state index is 0.0309. The highest BCUT2D eigenvalue weighted by Gasteiger charge is 2.15. The molecule has 0 aromatic heterocycles. The zero-order valence-corrected chi connectivity index (χ0v) is 17.7. The van der Waals surface area contributed by atoms with Gasteiger partial charge in [0.1, 0.15) is 17.5 Å². The molecule has 30 heavy (non-hydrogen) atoms. The smallest absolute Gasteiger partial charge is 0.262 e. The molecule has 0 bridgehead atoms. The fourth-order valence-electron chi connectivity index (χ4n) is 2.65. The van der Waals surface area contributed by atoms with E-state index < -0.39 is 17.9 Å². The van der Waals surface area contributed by atoms with Crippen LogP contribution in [0.2, 0.25) is 0 Å². The summed E-state index contributed by atoms with van der Waals surface area (Å²) in [6.07, 6.45) is 1.31. The second kappa shape index (κ2) is 9.89. The second-order valence-electron chi connectivity index (χ2n) is 6.52. The molecule has 7 nitrogen and oxygen atoms in total. The number of phenols is 1. The monoisotopic (exact) mass is 469 g/mol. The standard InChI is InChI=1S/C22H20BrN3O4/c1-14(22(29)26-24-12-17-10-18(23)7-9-20(17)27)25-21(28)13-30-19-8-6-15-4-2-3-5-16(15)11-19/h2-12,14,27H,13H2,1H3,(H,25,28)(H,26,29)/b24-12-/t14-/m0/s1. The van der Waals surface area contributed by atoms with Gasteiger partial charge in [0.25, 0.3) is 11.8 Å². The number of hydrogen-bond donors (Lipinski definition) is 3. The van der Waals surface area contributed by atoms with E-state index >= 15 is 0 Å². The van der Waals surface area contributed by atoms with Crippen LogP contribution in [0.15, 0.2) is 70.2 Å². The van der Waals surface area contributed by atoms with Gasteiger partial charge in [-0.2, -0.15) is 5.10 Å². The molecule has 3 rings (SSSR count). The van der Waals surface area contributed by atoms with Gasteiger partial charge in [-0.15, -0.1) is 0 Å². The Labute approximate surface area is 181 Å². The molecular weight excluding hydrogens is 450 g/mol. The molecule has 0 saturated carbocycles. The van der Waals surface area contributed by atoms with E-state index in [0.29, 0.717) is 11.3 Å². The molecule has 1 atom stereocenters. The van der Waals surface area contributed by atoms with Crippen molar-refractivity contribution in [3.63, 3.8) is 0 Å². The summed E-state index contributed by atoms with van der Waals surface area (Å²) in [7, 11) is 0. The van der Waals surface area contributed by atoms with Crippen molar-refractivity contribution < 1.29 is 19.4 Å². The highest BCUT2D eigenvalue weighted by molar-refractivity contribution is 9.10. The van der Waals surface area contributed by atoms with Crippen molar-refractivity contribution in [1.29, 1.82) is 0 Å². The fourth-order valence-corrected chi connectivity index (χ4v) is 3.02. The Morgan fingerprint density at radius 1 is 1.13 bits per heavy atom. The van der Waals surface area contributed by atoms with Gasteiger partial charge in [0.05, 0.1) is 6.21 Å². The molecule has 3 aromatic carbocycles. The van der Waals surface area contributed by atoms with Crippen molar-refractivity contribution in [3.8, 4) is 11.5 Å². The van der Waals surface area contributed by atoms with Gasteiger partial charge in [-0.3, -0.25) is 9.59 Å². The van der Waals surface area contributed by atoms with Crippen LogP contribution in [-0.4, -0.2) is 35.8 Å². The number of phenolic OH excluding ortho intramolecular Hbond substituents is 1. The number of hydrogen-bond acceptors (Lipinski definition) is 5. The topological polar surface area (TPSA) is 100 Å². The van der Waals surface area contributed by atoms with Gasteiger partial charge < -0.3 is 15.2 Å². The highest BCUT2D eigenvalue weighted by atomic mass is 79.9. The Morgan fingerprint density at radius 3 is 2.70 bits per heavy atom. The van der Waals surface area contributed by atoms with Crippen LogP contribution in [0.25, 0.3) is 10.8 Å². The number of ether oxygens (including phenoxy) is 1. The maximum atomic E-state index is 12.1. The molecule has 0 fully saturated rings. The number of fused-ring (bicyclic) bond motifs is 1. The first kappa shape index (κ1) is 21.3. The van der Waals surface area contributed by atoms with Gasteiger partial charge in [0.15, 0.2) is 6.61 Å². The molecule has 8 heteroatoms. The van der Waals surface area contributed by atoms with E-state index in [-0.39, 0.29) is 12.4 Å². The average molecular weight is 470 g/mol. The SMILES string of the molecule is C[C@H](NC(=O)COc1ccc2ccccc2c1)C(=O)N/N=C\c1cc(Br)ccc1O. The molecule has 0 aliphatic rings. The molecule has 0 spiro atoms. The fraction of sp³-hybridized carbons (Fsp3) is 0.136. The van der Waals surface area contributed by atoms with E-state index in [0.717, 1.165) is 15.2 Å². The molecule has 2 amide bonds. The maximum absolute atomic E-state index is 12.1. The van der Waals surface area contributed by atoms with Crippen LogP contribution in [0.1, 0.15) is 12.5 Å². The van der Waals surface area contributed by atoms with Gasteiger partial charge >= 0.3 is 0 Å². The van der Waals surface area contributed by atoms with E-state index in [4.69, 9.17) is 4.74 Å². The lowest BCUT2D eigenvalue weighted by Gasteiger charge is -2.13. The van der Waals surface area contributed by atoms with Crippen molar-refractivity contribution in [3.05, 3.63) is 70.7 Å². The molecule has 154 valence electrons. The average Bonchev–Trinajstić information content (AvgIpc) is 2.74. The number of nitrogens with zero attached hydrogens (tertiary/aromatic N) is 1. The predicted molar refractivity (Wildman–Crippen MR) is 119 cm³/mol. The molecular formula is C22H20BrN3O4. The van der Waals surface area contributed by atoms with Crippen LogP contribution in [0.4, 0.5) is 0 Å². The van der Waals surface area contributed by atoms with Crippen LogP contribution in [0.5, 0.6) is 11.5 Å². The number of amides is 2. The van der Waals surface area contributed by atoms with Crippen LogP contribution in [0.3, 0.4) is 0 Å². The lowest BCUT2D eigenvalue weighted by molar-refractivity contribution is -0.129. The lowest BCUT2D eigenvalue weighted by Crippen LogP contribution is -2.45. The first-order chi connectivity index (χ1) is 14.4. The van der Waals surface area contributed by atoms with E-state index in [1.807, 2.05) is 36.4 Å². The third-order valence-corrected chi connectivity index (χ3v) is 4.72. The summed E-state index contributed by atoms with van der Waals surface area (Å²) in [5.41, 5.74) is 2.76. The van der Waals surface area contributed by atoms with Crippen molar-refractivity contribution >= 4 is 44.7 Å². The normalized spacial score (nSPS) is 11.9. The van der Waals surface area contributed by atoms with E-state index in [1.54, 1.807) is 18.2 Å². The van der Waals surface area contributed by atoms with Crippen LogP contribution in [0, 0.1) is 0 Å². The van der Waals surface area contributed by atoms with Gasteiger partial charge in [-0.25, -0.2) is 5.43 Å². The first-order valence-corrected chi connectivity index (χ1v) is 9.94. The zero-order valence-electron chi connectivity index (χ0n) is 16.1. The molecule has 0 radical (unpaired) electrons. The first-order valence-electron chi connectivity index (χ1n) is 9.15. The number of nitrogens with one attached hydrogen (secondary N) is 2. The van der Waals surface area contributed by atoms with Crippen molar-refractivity contribution in [1.82, 2.24) is 10.7 Å². The maximum Gasteiger partial charge on any atom is 0.262 e. The Balaban J connectivity index is 1.47. The molecule has 3 N–H and O–H groups in total. The van der Waals surface area contributed by atoms with Crippen LogP contribution in [-0.2, 0) is 9.59 Å². The molecule has 0 unspecified atom stereocenters. The summed E-state index contributed by atoms with van der Waals surface area (Å²) >= 11 is 3.29. The largest absolute Gasteiger partial charge is 0.507 e. The van der Waals surface area contributed by atoms with Crippen molar-refractivity contribution in [2.75, 3.05) is 6.61 Å². The number of benzene rings is 3. The minimum atomic E-state index is -0.814. The van der Waals surface area contributed by atoms with Crippen LogP contribution >= 0.6 is 15.9 Å². The molecule has 0 aliphatic carbocycles. The molecule has 0 heterocycles. The van der Waals surface area contributed by atoms with Gasteiger partial charge in [0.2, 0.25) is 0 Å². The van der Waals surface area contributed by atoms with Gasteiger partial charge in [-0.1, -0.05) is 46.3 Å². The van der Waals surface area contributed by atoms with Crippen LogP contribution < -0.4 is 15.5 Å². The summed E-state index contributed by atoms with van der Waals surface area (Å²) in [6, 6.07) is 17.4. The number of halogens is 1. The molecule has 0 saturated heterocycles. The Hall–Kier alpha value is -3.39. The number of aromatic hydroxyl groups is 1. The third-order valence-electron chi connectivity index (χ3n) is 4.23. The zero-order chi connectivity index (χ0) is 21.5. The summed E-state index contributed by atoms with van der Waals surface area (Å²) in [6.45, 7) is 1.32. The van der Waals surface area contributed by atoms with Crippen molar-refractivity contribution in [2.45, 2.75) is 13.0 Å². The van der Waals surface area contributed by atoms with E-state index in [2.05, 4.69) is 31.8 Å². The number of carbonyl (C=O) groups excluding carboxylic acids is 2.